The second kappa shape index (κ2) is 8.30. The average Bonchev–Trinajstić information content (AvgIpc) is 3.06. The third-order valence-corrected chi connectivity index (χ3v) is 4.38. The van der Waals surface area contributed by atoms with Crippen molar-refractivity contribution >= 4 is 11.0 Å². The molecule has 0 fully saturated rings. The fraction of sp³-hybridized carbons (Fsp3) is 0.333. The molecule has 0 amide bonds. The molecule has 1 heterocycles. The monoisotopic (exact) mass is 338 g/mol. The van der Waals surface area contributed by atoms with Crippen LogP contribution in [-0.4, -0.2) is 24.7 Å². The Bertz CT molecular complexity index is 762. The molecule has 2 unspecified atom stereocenters. The van der Waals surface area contributed by atoms with Crippen LogP contribution in [0.5, 0.6) is 0 Å². The van der Waals surface area contributed by atoms with Gasteiger partial charge in [-0.2, -0.15) is 0 Å². The van der Waals surface area contributed by atoms with Gasteiger partial charge in [0.2, 0.25) is 0 Å². The van der Waals surface area contributed by atoms with Gasteiger partial charge in [0.05, 0.1) is 0 Å². The molecule has 132 valence electrons. The van der Waals surface area contributed by atoms with E-state index in [0.717, 1.165) is 23.9 Å². The number of hydrogen-bond donors (Lipinski definition) is 3. The molecular formula is C21H26N2O2. The Hall–Kier alpha value is -2.14. The van der Waals surface area contributed by atoms with Gasteiger partial charge >= 0.3 is 0 Å². The first-order chi connectivity index (χ1) is 12.2. The van der Waals surface area contributed by atoms with E-state index in [4.69, 9.17) is 4.42 Å². The minimum atomic E-state index is -0.646. The summed E-state index contributed by atoms with van der Waals surface area (Å²) in [6.45, 7) is 3.49. The molecule has 0 saturated heterocycles. The van der Waals surface area contributed by atoms with Gasteiger partial charge in [-0.1, -0.05) is 42.5 Å². The van der Waals surface area contributed by atoms with Crippen LogP contribution in [0, 0.1) is 0 Å². The molecule has 0 radical (unpaired) electrons. The number of rotatable bonds is 8. The number of benzene rings is 2. The van der Waals surface area contributed by atoms with Crippen molar-refractivity contribution in [3.8, 4) is 0 Å². The minimum absolute atomic E-state index is 0.272. The van der Waals surface area contributed by atoms with E-state index in [9.17, 15) is 5.11 Å². The van der Waals surface area contributed by atoms with Crippen molar-refractivity contribution in [3.05, 3.63) is 71.5 Å². The summed E-state index contributed by atoms with van der Waals surface area (Å²) in [6, 6.07) is 18.6. The fourth-order valence-corrected chi connectivity index (χ4v) is 3.00. The fourth-order valence-electron chi connectivity index (χ4n) is 3.00. The van der Waals surface area contributed by atoms with Crippen LogP contribution in [0.2, 0.25) is 0 Å². The summed E-state index contributed by atoms with van der Waals surface area (Å²) < 4.78 is 5.72. The van der Waals surface area contributed by atoms with Crippen LogP contribution >= 0.6 is 0 Å². The van der Waals surface area contributed by atoms with Crippen LogP contribution in [-0.2, 0) is 13.0 Å². The van der Waals surface area contributed by atoms with Gasteiger partial charge in [0.1, 0.15) is 17.4 Å². The first-order valence-electron chi connectivity index (χ1n) is 8.78. The van der Waals surface area contributed by atoms with Gasteiger partial charge in [-0.3, -0.25) is 0 Å². The highest BCUT2D eigenvalue weighted by atomic mass is 16.4. The van der Waals surface area contributed by atoms with Crippen molar-refractivity contribution in [3.63, 3.8) is 0 Å². The second-order valence-electron chi connectivity index (χ2n) is 6.56. The molecule has 0 saturated carbocycles. The molecule has 0 aliphatic carbocycles. The summed E-state index contributed by atoms with van der Waals surface area (Å²) in [7, 11) is 1.95. The third kappa shape index (κ3) is 4.69. The lowest BCUT2D eigenvalue weighted by molar-refractivity contribution is 0.146. The van der Waals surface area contributed by atoms with Crippen molar-refractivity contribution < 1.29 is 9.52 Å². The molecule has 4 nitrogen and oxygen atoms in total. The molecule has 4 heteroatoms. The van der Waals surface area contributed by atoms with Crippen molar-refractivity contribution in [2.45, 2.75) is 32.0 Å². The molecule has 3 rings (SSSR count). The van der Waals surface area contributed by atoms with Crippen LogP contribution < -0.4 is 10.6 Å². The molecule has 0 bridgehead atoms. The Kier molecular flexibility index (Phi) is 5.87. The van der Waals surface area contributed by atoms with E-state index < -0.39 is 6.10 Å². The lowest BCUT2D eigenvalue weighted by atomic mass is 10.0. The highest BCUT2D eigenvalue weighted by Gasteiger charge is 2.14. The third-order valence-electron chi connectivity index (χ3n) is 4.38. The van der Waals surface area contributed by atoms with Gasteiger partial charge in [-0.25, -0.2) is 0 Å². The summed E-state index contributed by atoms with van der Waals surface area (Å²) in [5.74, 6) is 0.609. The van der Waals surface area contributed by atoms with E-state index in [1.807, 2.05) is 37.4 Å². The topological polar surface area (TPSA) is 57.4 Å². The number of aliphatic hydroxyl groups excluding tert-OH is 1. The largest absolute Gasteiger partial charge is 0.458 e. The lowest BCUT2D eigenvalue weighted by Crippen LogP contribution is -2.31. The number of furan rings is 1. The van der Waals surface area contributed by atoms with Crippen LogP contribution in [0.4, 0.5) is 0 Å². The van der Waals surface area contributed by atoms with E-state index >= 15 is 0 Å². The molecule has 2 aromatic carbocycles. The maximum Gasteiger partial charge on any atom is 0.135 e. The van der Waals surface area contributed by atoms with Crippen LogP contribution in [0.15, 0.2) is 59.0 Å². The SMILES string of the molecule is CNCc1ccc(CC(C)NCC(O)c2cc3ccccc3o2)cc1. The van der Waals surface area contributed by atoms with E-state index in [-0.39, 0.29) is 6.04 Å². The average molecular weight is 338 g/mol. The van der Waals surface area contributed by atoms with E-state index in [0.29, 0.717) is 12.3 Å². The maximum atomic E-state index is 10.4. The normalized spacial score (nSPS) is 13.9. The molecule has 0 aliphatic rings. The van der Waals surface area contributed by atoms with Crippen molar-refractivity contribution in [1.29, 1.82) is 0 Å². The first-order valence-corrected chi connectivity index (χ1v) is 8.78. The number of para-hydroxylation sites is 1. The van der Waals surface area contributed by atoms with Gasteiger partial charge in [-0.15, -0.1) is 0 Å². The van der Waals surface area contributed by atoms with Crippen LogP contribution in [0.1, 0.15) is 29.9 Å². The summed E-state index contributed by atoms with van der Waals surface area (Å²) in [4.78, 5) is 0. The highest BCUT2D eigenvalue weighted by Crippen LogP contribution is 2.23. The molecule has 0 spiro atoms. The molecule has 2 atom stereocenters. The van der Waals surface area contributed by atoms with Gasteiger partial charge in [0, 0.05) is 24.5 Å². The minimum Gasteiger partial charge on any atom is -0.458 e. The van der Waals surface area contributed by atoms with Gasteiger partial charge in [-0.05, 0) is 43.7 Å². The number of hydrogen-bond acceptors (Lipinski definition) is 4. The Labute approximate surface area is 148 Å². The van der Waals surface area contributed by atoms with Crippen LogP contribution in [0.25, 0.3) is 11.0 Å². The summed E-state index contributed by atoms with van der Waals surface area (Å²) in [5, 5.41) is 17.9. The zero-order valence-electron chi connectivity index (χ0n) is 14.8. The second-order valence-corrected chi connectivity index (χ2v) is 6.56. The van der Waals surface area contributed by atoms with Gasteiger partial charge < -0.3 is 20.2 Å². The van der Waals surface area contributed by atoms with Gasteiger partial charge in [0.15, 0.2) is 0 Å². The molecule has 1 aromatic heterocycles. The Morgan fingerprint density at radius 1 is 1.04 bits per heavy atom. The summed E-state index contributed by atoms with van der Waals surface area (Å²) in [6.07, 6.45) is 0.278. The number of fused-ring (bicyclic) bond motifs is 1. The number of aliphatic hydroxyl groups is 1. The highest BCUT2D eigenvalue weighted by molar-refractivity contribution is 5.77. The predicted octanol–water partition coefficient (Wildman–Crippen LogP) is 3.41. The summed E-state index contributed by atoms with van der Waals surface area (Å²) in [5.41, 5.74) is 3.39. The first kappa shape index (κ1) is 17.7. The zero-order valence-corrected chi connectivity index (χ0v) is 14.8. The smallest absolute Gasteiger partial charge is 0.135 e. The van der Waals surface area contributed by atoms with Crippen LogP contribution in [0.3, 0.4) is 0 Å². The Morgan fingerprint density at radius 2 is 1.76 bits per heavy atom. The molecule has 0 aliphatic heterocycles. The van der Waals surface area contributed by atoms with Crippen molar-refractivity contribution in [1.82, 2.24) is 10.6 Å². The van der Waals surface area contributed by atoms with E-state index in [2.05, 4.69) is 41.8 Å². The predicted molar refractivity (Wildman–Crippen MR) is 102 cm³/mol. The molecular weight excluding hydrogens is 312 g/mol. The maximum absolute atomic E-state index is 10.4. The summed E-state index contributed by atoms with van der Waals surface area (Å²) >= 11 is 0. The van der Waals surface area contributed by atoms with Crippen molar-refractivity contribution in [2.24, 2.45) is 0 Å². The standard InChI is InChI=1S/C21H26N2O2/c1-15(11-16-7-9-17(10-8-16)13-22-2)23-14-19(24)21-12-18-5-3-4-6-20(18)25-21/h3-10,12,15,19,22-24H,11,13-14H2,1-2H3. The number of nitrogens with one attached hydrogen (secondary N) is 2. The van der Waals surface area contributed by atoms with E-state index in [1.165, 1.54) is 11.1 Å². The molecule has 25 heavy (non-hydrogen) atoms. The molecule has 3 aromatic rings. The quantitative estimate of drug-likeness (QED) is 0.589. The van der Waals surface area contributed by atoms with Gasteiger partial charge in [0.25, 0.3) is 0 Å². The van der Waals surface area contributed by atoms with E-state index in [1.54, 1.807) is 0 Å². The Balaban J connectivity index is 1.51. The Morgan fingerprint density at radius 3 is 2.48 bits per heavy atom. The zero-order chi connectivity index (χ0) is 17.6. The lowest BCUT2D eigenvalue weighted by Gasteiger charge is -2.16. The molecule has 3 N–H and O–H groups in total. The van der Waals surface area contributed by atoms with Crippen molar-refractivity contribution in [2.75, 3.05) is 13.6 Å².